The molecule has 3 rings (SSSR count). The van der Waals surface area contributed by atoms with Crippen molar-refractivity contribution in [3.05, 3.63) is 15.6 Å². The van der Waals surface area contributed by atoms with Crippen molar-refractivity contribution in [1.29, 1.82) is 0 Å². The van der Waals surface area contributed by atoms with Crippen LogP contribution in [0, 0.1) is 19.8 Å². The second kappa shape index (κ2) is 7.18. The molecule has 5 nitrogen and oxygen atoms in total. The van der Waals surface area contributed by atoms with E-state index in [1.165, 1.54) is 24.3 Å². The number of aliphatic imine (C=N–C) groups is 1. The van der Waals surface area contributed by atoms with Crippen molar-refractivity contribution in [2.45, 2.75) is 59.2 Å². The third-order valence-corrected chi connectivity index (χ3v) is 5.81. The molecule has 0 aromatic carbocycles. The minimum atomic E-state index is 0.498. The highest BCUT2D eigenvalue weighted by Crippen LogP contribution is 2.31. The van der Waals surface area contributed by atoms with Crippen LogP contribution in [0.2, 0.25) is 0 Å². The van der Waals surface area contributed by atoms with Gasteiger partial charge in [-0.25, -0.2) is 9.98 Å². The first-order valence-corrected chi connectivity index (χ1v) is 9.60. The van der Waals surface area contributed by atoms with Gasteiger partial charge in [0.2, 0.25) is 0 Å². The van der Waals surface area contributed by atoms with E-state index in [1.807, 2.05) is 0 Å². The normalized spacial score (nSPS) is 25.8. The molecule has 1 aromatic heterocycles. The van der Waals surface area contributed by atoms with Crippen molar-refractivity contribution >= 4 is 17.3 Å². The Kier molecular flexibility index (Phi) is 5.21. The number of hydrogen-bond acceptors (Lipinski definition) is 4. The summed E-state index contributed by atoms with van der Waals surface area (Å²) in [5.41, 5.74) is 1.11. The van der Waals surface area contributed by atoms with Crippen LogP contribution in [-0.2, 0) is 6.54 Å². The van der Waals surface area contributed by atoms with Crippen LogP contribution in [0.4, 0.5) is 0 Å². The predicted octanol–water partition coefficient (Wildman–Crippen LogP) is 2.30. The minimum Gasteiger partial charge on any atom is -0.357 e. The van der Waals surface area contributed by atoms with Gasteiger partial charge >= 0.3 is 0 Å². The second-order valence-electron chi connectivity index (χ2n) is 6.85. The number of aryl methyl sites for hydroxylation is 2. The summed E-state index contributed by atoms with van der Waals surface area (Å²) in [4.78, 5) is 13.2. The average molecular weight is 336 g/mol. The summed E-state index contributed by atoms with van der Waals surface area (Å²) >= 11 is 1.75. The molecule has 0 radical (unpaired) electrons. The van der Waals surface area contributed by atoms with Crippen molar-refractivity contribution in [3.63, 3.8) is 0 Å². The molecule has 0 bridgehead atoms. The van der Waals surface area contributed by atoms with Crippen LogP contribution in [0.5, 0.6) is 0 Å². The number of aromatic nitrogens is 1. The highest BCUT2D eigenvalue weighted by Gasteiger charge is 2.38. The molecule has 1 saturated heterocycles. The molecule has 6 heteroatoms. The van der Waals surface area contributed by atoms with Gasteiger partial charge in [-0.2, -0.15) is 0 Å². The van der Waals surface area contributed by atoms with E-state index in [0.717, 1.165) is 35.8 Å². The van der Waals surface area contributed by atoms with E-state index in [4.69, 9.17) is 4.99 Å². The maximum Gasteiger partial charge on any atom is 0.191 e. The first kappa shape index (κ1) is 16.7. The molecule has 0 spiro atoms. The molecule has 1 aliphatic heterocycles. The molecule has 2 aliphatic rings. The van der Waals surface area contributed by atoms with Crippen LogP contribution in [0.3, 0.4) is 0 Å². The zero-order valence-corrected chi connectivity index (χ0v) is 15.5. The van der Waals surface area contributed by atoms with E-state index in [2.05, 4.69) is 48.2 Å². The predicted molar refractivity (Wildman–Crippen MR) is 97.1 cm³/mol. The molecule has 1 saturated carbocycles. The lowest BCUT2D eigenvalue weighted by atomic mass is 10.1. The molecule has 128 valence electrons. The number of guanidine groups is 1. The number of hydrogen-bond donors (Lipinski definition) is 2. The van der Waals surface area contributed by atoms with Crippen molar-refractivity contribution in [2.75, 3.05) is 19.6 Å². The lowest BCUT2D eigenvalue weighted by Crippen LogP contribution is -2.46. The van der Waals surface area contributed by atoms with Gasteiger partial charge in [0.15, 0.2) is 5.96 Å². The maximum atomic E-state index is 4.79. The van der Waals surface area contributed by atoms with Gasteiger partial charge < -0.3 is 10.6 Å². The van der Waals surface area contributed by atoms with Gasteiger partial charge in [0.25, 0.3) is 0 Å². The molecule has 2 atom stereocenters. The van der Waals surface area contributed by atoms with Crippen LogP contribution in [0.25, 0.3) is 0 Å². The third-order valence-electron chi connectivity index (χ3n) is 4.75. The summed E-state index contributed by atoms with van der Waals surface area (Å²) in [5, 5.41) is 8.17. The average Bonchev–Trinajstić information content (AvgIpc) is 3.21. The Labute approximate surface area is 143 Å². The fraction of sp³-hybridized carbons (Fsp3) is 0.765. The van der Waals surface area contributed by atoms with Gasteiger partial charge in [-0.15, -0.1) is 11.3 Å². The first-order chi connectivity index (χ1) is 11.1. The van der Waals surface area contributed by atoms with Gasteiger partial charge in [-0.1, -0.05) is 6.92 Å². The van der Waals surface area contributed by atoms with Crippen molar-refractivity contribution in [3.8, 4) is 0 Å². The van der Waals surface area contributed by atoms with Crippen LogP contribution < -0.4 is 10.6 Å². The Morgan fingerprint density at radius 3 is 2.74 bits per heavy atom. The lowest BCUT2D eigenvalue weighted by molar-refractivity contribution is 0.315. The number of likely N-dealkylation sites (tertiary alicyclic amines) is 1. The van der Waals surface area contributed by atoms with Crippen LogP contribution in [0.15, 0.2) is 4.99 Å². The zero-order valence-electron chi connectivity index (χ0n) is 14.7. The van der Waals surface area contributed by atoms with E-state index < -0.39 is 0 Å². The number of nitrogens with one attached hydrogen (secondary N) is 2. The molecular formula is C17H29N5S. The van der Waals surface area contributed by atoms with E-state index in [-0.39, 0.29) is 0 Å². The van der Waals surface area contributed by atoms with Crippen LogP contribution in [0.1, 0.15) is 42.3 Å². The molecule has 2 fully saturated rings. The molecule has 2 N–H and O–H groups in total. The standard InChI is InChI=1S/C17H29N5S/c1-5-18-17(19-8-16-12(3)20-13(4)23-16)21-15-10-22(9-11(15)2)14-6-7-14/h11,14-15H,5-10H2,1-4H3,(H2,18,19,21). The van der Waals surface area contributed by atoms with E-state index in [1.54, 1.807) is 11.3 Å². The minimum absolute atomic E-state index is 0.498. The summed E-state index contributed by atoms with van der Waals surface area (Å²) < 4.78 is 0. The van der Waals surface area contributed by atoms with Gasteiger partial charge in [0.05, 0.1) is 17.2 Å². The fourth-order valence-corrected chi connectivity index (χ4v) is 4.16. The van der Waals surface area contributed by atoms with Crippen LogP contribution in [-0.4, -0.2) is 47.6 Å². The molecule has 1 aliphatic carbocycles. The van der Waals surface area contributed by atoms with Crippen LogP contribution >= 0.6 is 11.3 Å². The van der Waals surface area contributed by atoms with E-state index in [0.29, 0.717) is 18.5 Å². The van der Waals surface area contributed by atoms with Crippen molar-refractivity contribution in [2.24, 2.45) is 10.9 Å². The fourth-order valence-electron chi connectivity index (χ4n) is 3.30. The van der Waals surface area contributed by atoms with E-state index >= 15 is 0 Å². The maximum absolute atomic E-state index is 4.79. The highest BCUT2D eigenvalue weighted by atomic mass is 32.1. The Morgan fingerprint density at radius 2 is 2.13 bits per heavy atom. The molecular weight excluding hydrogens is 306 g/mol. The van der Waals surface area contributed by atoms with Gasteiger partial charge in [0.1, 0.15) is 0 Å². The SMILES string of the molecule is CCNC(=NCc1sc(C)nc1C)NC1CN(C2CC2)CC1C. The molecule has 2 unspecified atom stereocenters. The zero-order chi connectivity index (χ0) is 16.4. The largest absolute Gasteiger partial charge is 0.357 e. The Hall–Kier alpha value is -1.14. The lowest BCUT2D eigenvalue weighted by Gasteiger charge is -2.20. The molecule has 0 amide bonds. The second-order valence-corrected chi connectivity index (χ2v) is 8.14. The number of nitrogens with zero attached hydrogens (tertiary/aromatic N) is 3. The monoisotopic (exact) mass is 335 g/mol. The van der Waals surface area contributed by atoms with Gasteiger partial charge in [0, 0.05) is 36.6 Å². The van der Waals surface area contributed by atoms with Crippen molar-refractivity contribution < 1.29 is 0 Å². The summed E-state index contributed by atoms with van der Waals surface area (Å²) in [6, 6.07) is 1.35. The first-order valence-electron chi connectivity index (χ1n) is 8.78. The Bertz CT molecular complexity index is 563. The topological polar surface area (TPSA) is 52.6 Å². The molecule has 2 heterocycles. The smallest absolute Gasteiger partial charge is 0.191 e. The molecule has 1 aromatic rings. The summed E-state index contributed by atoms with van der Waals surface area (Å²) in [5.74, 6) is 1.61. The number of thiazole rings is 1. The van der Waals surface area contributed by atoms with E-state index in [9.17, 15) is 0 Å². The quantitative estimate of drug-likeness (QED) is 0.640. The summed E-state index contributed by atoms with van der Waals surface area (Å²) in [7, 11) is 0. The summed E-state index contributed by atoms with van der Waals surface area (Å²) in [6.07, 6.45) is 2.77. The van der Waals surface area contributed by atoms with Crippen molar-refractivity contribution in [1.82, 2.24) is 20.5 Å². The highest BCUT2D eigenvalue weighted by molar-refractivity contribution is 7.11. The number of rotatable bonds is 5. The molecule has 23 heavy (non-hydrogen) atoms. The van der Waals surface area contributed by atoms with Gasteiger partial charge in [-0.05, 0) is 39.5 Å². The third kappa shape index (κ3) is 4.23. The Balaban J connectivity index is 1.61. The summed E-state index contributed by atoms with van der Waals surface area (Å²) in [6.45, 7) is 12.6. The van der Waals surface area contributed by atoms with Gasteiger partial charge in [-0.3, -0.25) is 4.90 Å². The Morgan fingerprint density at radius 1 is 1.35 bits per heavy atom.